The fourth-order valence-electron chi connectivity index (χ4n) is 1.62. The number of hydrogen-bond acceptors (Lipinski definition) is 3. The van der Waals surface area contributed by atoms with Crippen molar-refractivity contribution in [3.05, 3.63) is 30.1 Å². The maximum Gasteiger partial charge on any atom is 0.123 e. The zero-order valence-corrected chi connectivity index (χ0v) is 11.1. The Bertz CT molecular complexity index is 336. The van der Waals surface area contributed by atoms with Gasteiger partial charge in [0.25, 0.3) is 0 Å². The second-order valence-electron chi connectivity index (χ2n) is 4.73. The van der Waals surface area contributed by atoms with E-state index in [9.17, 15) is 9.50 Å². The number of benzene rings is 1. The van der Waals surface area contributed by atoms with Crippen molar-refractivity contribution in [2.24, 2.45) is 0 Å². The molecule has 0 saturated heterocycles. The second-order valence-corrected chi connectivity index (χ2v) is 4.73. The first-order chi connectivity index (χ1) is 8.59. The van der Waals surface area contributed by atoms with Gasteiger partial charge in [-0.2, -0.15) is 0 Å². The Hall–Kier alpha value is -1.13. The molecule has 0 aliphatic rings. The molecule has 1 aromatic rings. The first-order valence-electron chi connectivity index (χ1n) is 6.28. The van der Waals surface area contributed by atoms with Gasteiger partial charge in [0.15, 0.2) is 0 Å². The zero-order chi connectivity index (χ0) is 13.4. The van der Waals surface area contributed by atoms with Gasteiger partial charge in [0.2, 0.25) is 0 Å². The number of likely N-dealkylation sites (N-methyl/N-ethyl adjacent to an activating group) is 1. The van der Waals surface area contributed by atoms with Crippen LogP contribution in [0.4, 0.5) is 4.39 Å². The molecule has 0 aliphatic heterocycles. The summed E-state index contributed by atoms with van der Waals surface area (Å²) in [6.45, 7) is 2.73. The van der Waals surface area contributed by atoms with Gasteiger partial charge < -0.3 is 15.2 Å². The lowest BCUT2D eigenvalue weighted by Gasteiger charge is -2.26. The number of nitrogens with one attached hydrogen (secondary N) is 1. The molecule has 1 aromatic carbocycles. The largest absolute Gasteiger partial charge is 0.494 e. The molecule has 4 heteroatoms. The molecule has 1 rings (SSSR count). The van der Waals surface area contributed by atoms with Crippen molar-refractivity contribution in [1.82, 2.24) is 5.32 Å². The van der Waals surface area contributed by atoms with Crippen LogP contribution in [0.5, 0.6) is 5.75 Å². The molecule has 0 aromatic heterocycles. The van der Waals surface area contributed by atoms with E-state index in [0.29, 0.717) is 12.4 Å². The smallest absolute Gasteiger partial charge is 0.123 e. The van der Waals surface area contributed by atoms with Gasteiger partial charge in [0.1, 0.15) is 11.6 Å². The van der Waals surface area contributed by atoms with Crippen LogP contribution < -0.4 is 10.1 Å². The molecule has 0 amide bonds. The third-order valence-electron chi connectivity index (χ3n) is 3.16. The molecule has 0 saturated carbocycles. The van der Waals surface area contributed by atoms with Gasteiger partial charge in [0.05, 0.1) is 13.2 Å². The normalized spacial score (nSPS) is 14.2. The van der Waals surface area contributed by atoms with E-state index in [0.717, 1.165) is 19.3 Å². The summed E-state index contributed by atoms with van der Waals surface area (Å²) < 4.78 is 18.1. The molecule has 1 unspecified atom stereocenters. The van der Waals surface area contributed by atoms with Gasteiger partial charge in [-0.05, 0) is 57.5 Å². The number of ether oxygens (including phenoxy) is 1. The lowest BCUT2D eigenvalue weighted by Crippen LogP contribution is -2.43. The zero-order valence-electron chi connectivity index (χ0n) is 11.1. The Morgan fingerprint density at radius 3 is 2.50 bits per heavy atom. The quantitative estimate of drug-likeness (QED) is 0.701. The third-order valence-corrected chi connectivity index (χ3v) is 3.16. The van der Waals surface area contributed by atoms with Gasteiger partial charge in [-0.15, -0.1) is 0 Å². The molecule has 0 bridgehead atoms. The fraction of sp³-hybridized carbons (Fsp3) is 0.571. The van der Waals surface area contributed by atoms with Crippen LogP contribution in [0, 0.1) is 5.82 Å². The minimum Gasteiger partial charge on any atom is -0.494 e. The number of aliphatic hydroxyl groups excluding tert-OH is 1. The minimum atomic E-state index is -0.255. The summed E-state index contributed by atoms with van der Waals surface area (Å²) in [5.74, 6) is 0.435. The van der Waals surface area contributed by atoms with Crippen molar-refractivity contribution in [3.8, 4) is 5.75 Å². The van der Waals surface area contributed by atoms with Crippen molar-refractivity contribution >= 4 is 0 Å². The molecule has 1 atom stereocenters. The summed E-state index contributed by atoms with van der Waals surface area (Å²) in [5, 5.41) is 12.3. The topological polar surface area (TPSA) is 41.5 Å². The van der Waals surface area contributed by atoms with E-state index < -0.39 is 0 Å². The van der Waals surface area contributed by atoms with E-state index in [1.807, 2.05) is 14.0 Å². The highest BCUT2D eigenvalue weighted by Gasteiger charge is 2.19. The maximum absolute atomic E-state index is 12.7. The van der Waals surface area contributed by atoms with E-state index in [4.69, 9.17) is 4.74 Å². The average Bonchev–Trinajstić information content (AvgIpc) is 2.40. The van der Waals surface area contributed by atoms with Crippen LogP contribution in [0.25, 0.3) is 0 Å². The molecular formula is C14H22FNO2. The van der Waals surface area contributed by atoms with E-state index in [1.54, 1.807) is 12.1 Å². The Labute approximate surface area is 108 Å². The number of halogens is 1. The molecular weight excluding hydrogens is 233 g/mol. The Morgan fingerprint density at radius 2 is 1.94 bits per heavy atom. The summed E-state index contributed by atoms with van der Waals surface area (Å²) in [4.78, 5) is 0. The predicted octanol–water partition coefficient (Wildman–Crippen LogP) is 2.35. The van der Waals surface area contributed by atoms with Crippen LogP contribution in [0.3, 0.4) is 0 Å². The molecule has 18 heavy (non-hydrogen) atoms. The number of aliphatic hydroxyl groups is 1. The van der Waals surface area contributed by atoms with Crippen LogP contribution in [0.1, 0.15) is 26.2 Å². The molecule has 0 heterocycles. The lowest BCUT2D eigenvalue weighted by molar-refractivity contribution is 0.168. The summed E-state index contributed by atoms with van der Waals surface area (Å²) in [6.07, 6.45) is 2.78. The maximum atomic E-state index is 12.7. The van der Waals surface area contributed by atoms with Crippen LogP contribution in [0.15, 0.2) is 24.3 Å². The lowest BCUT2D eigenvalue weighted by atomic mass is 9.96. The highest BCUT2D eigenvalue weighted by Crippen LogP contribution is 2.14. The van der Waals surface area contributed by atoms with Gasteiger partial charge >= 0.3 is 0 Å². The average molecular weight is 255 g/mol. The number of unbranched alkanes of at least 4 members (excludes halogenated alkanes) is 1. The monoisotopic (exact) mass is 255 g/mol. The Balaban J connectivity index is 2.17. The molecule has 0 radical (unpaired) electrons. The van der Waals surface area contributed by atoms with E-state index in [2.05, 4.69) is 5.32 Å². The number of hydrogen-bond donors (Lipinski definition) is 2. The molecule has 0 spiro atoms. The van der Waals surface area contributed by atoms with Crippen molar-refractivity contribution in [2.45, 2.75) is 31.7 Å². The van der Waals surface area contributed by atoms with Crippen LogP contribution in [0.2, 0.25) is 0 Å². The predicted molar refractivity (Wildman–Crippen MR) is 70.3 cm³/mol. The summed E-state index contributed by atoms with van der Waals surface area (Å²) in [6, 6.07) is 6.03. The van der Waals surface area contributed by atoms with Crippen molar-refractivity contribution in [1.29, 1.82) is 0 Å². The van der Waals surface area contributed by atoms with Crippen LogP contribution in [-0.4, -0.2) is 30.9 Å². The van der Waals surface area contributed by atoms with Crippen molar-refractivity contribution in [2.75, 3.05) is 20.3 Å². The third kappa shape index (κ3) is 5.02. The van der Waals surface area contributed by atoms with Gasteiger partial charge in [-0.1, -0.05) is 0 Å². The molecule has 0 fully saturated rings. The summed E-state index contributed by atoms with van der Waals surface area (Å²) in [7, 11) is 1.85. The number of rotatable bonds is 8. The van der Waals surface area contributed by atoms with Crippen molar-refractivity contribution in [3.63, 3.8) is 0 Å². The van der Waals surface area contributed by atoms with Crippen LogP contribution in [-0.2, 0) is 0 Å². The summed E-state index contributed by atoms with van der Waals surface area (Å²) in [5.41, 5.74) is -0.212. The highest BCUT2D eigenvalue weighted by atomic mass is 19.1. The van der Waals surface area contributed by atoms with Gasteiger partial charge in [-0.25, -0.2) is 4.39 Å². The first kappa shape index (κ1) is 14.9. The second kappa shape index (κ2) is 7.34. The highest BCUT2D eigenvalue weighted by molar-refractivity contribution is 5.21. The van der Waals surface area contributed by atoms with Gasteiger partial charge in [0, 0.05) is 5.54 Å². The van der Waals surface area contributed by atoms with Gasteiger partial charge in [-0.3, -0.25) is 0 Å². The van der Waals surface area contributed by atoms with E-state index >= 15 is 0 Å². The molecule has 102 valence electrons. The van der Waals surface area contributed by atoms with Crippen molar-refractivity contribution < 1.29 is 14.2 Å². The Kier molecular flexibility index (Phi) is 6.09. The van der Waals surface area contributed by atoms with Crippen LogP contribution >= 0.6 is 0 Å². The van der Waals surface area contributed by atoms with E-state index in [1.165, 1.54) is 12.1 Å². The molecule has 3 nitrogen and oxygen atoms in total. The Morgan fingerprint density at radius 1 is 1.28 bits per heavy atom. The fourth-order valence-corrected chi connectivity index (χ4v) is 1.62. The molecule has 2 N–H and O–H groups in total. The minimum absolute atomic E-state index is 0.127. The SMILES string of the molecule is CNC(C)(CO)CCCCOc1ccc(F)cc1. The summed E-state index contributed by atoms with van der Waals surface area (Å²) >= 11 is 0. The first-order valence-corrected chi connectivity index (χ1v) is 6.28. The van der Waals surface area contributed by atoms with E-state index in [-0.39, 0.29) is 18.0 Å². The molecule has 0 aliphatic carbocycles. The standard InChI is InChI=1S/C14H22FNO2/c1-14(11-17,16-2)9-3-4-10-18-13-7-5-12(15)6-8-13/h5-8,16-17H,3-4,9-11H2,1-2H3.